The van der Waals surface area contributed by atoms with Crippen LogP contribution < -0.4 is 60.2 Å². The van der Waals surface area contributed by atoms with Crippen molar-refractivity contribution in [2.75, 3.05) is 85.3 Å². The number of unbranched alkanes of at least 4 members (excludes halogenated alkanes) is 3. The summed E-state index contributed by atoms with van der Waals surface area (Å²) in [5.41, 5.74) is 26.3. The second kappa shape index (κ2) is 43.1. The summed E-state index contributed by atoms with van der Waals surface area (Å²) in [4.78, 5) is 86.1. The summed E-state index contributed by atoms with van der Waals surface area (Å²) in [7, 11) is -9.96. The highest BCUT2D eigenvalue weighted by molar-refractivity contribution is 7.89. The van der Waals surface area contributed by atoms with Crippen LogP contribution in [0, 0.1) is 0 Å². The number of hydrogen-bond acceptors (Lipinski definition) is 17. The Hall–Kier alpha value is -7.55. The van der Waals surface area contributed by atoms with E-state index in [2.05, 4.69) is 37.2 Å². The van der Waals surface area contributed by atoms with Crippen LogP contribution in [0.2, 0.25) is 0 Å². The first-order valence-electron chi connectivity index (χ1n) is 33.3. The summed E-state index contributed by atoms with van der Waals surface area (Å²) >= 11 is 0. The molecule has 5 aromatic carbocycles. The van der Waals surface area contributed by atoms with Gasteiger partial charge in [-0.05, 0) is 99.4 Å². The molecule has 0 saturated heterocycles. The minimum atomic E-state index is -4.43. The highest BCUT2D eigenvalue weighted by atomic mass is 32.2. The van der Waals surface area contributed by atoms with Crippen LogP contribution in [0.15, 0.2) is 152 Å². The molecule has 2 unspecified atom stereocenters. The van der Waals surface area contributed by atoms with Gasteiger partial charge in [-0.25, -0.2) is 25.3 Å². The fourth-order valence-electron chi connectivity index (χ4n) is 11.1. The van der Waals surface area contributed by atoms with Gasteiger partial charge >= 0.3 is 0 Å². The summed E-state index contributed by atoms with van der Waals surface area (Å²) in [6.45, 7) is -2.73. The lowest BCUT2D eigenvalue weighted by Crippen LogP contribution is -2.57. The lowest BCUT2D eigenvalue weighted by atomic mass is 10.0. The summed E-state index contributed by atoms with van der Waals surface area (Å²) < 4.78 is 89.4. The van der Waals surface area contributed by atoms with Crippen molar-refractivity contribution in [1.29, 1.82) is 0 Å². The van der Waals surface area contributed by atoms with Gasteiger partial charge in [0.25, 0.3) is 0 Å². The molecule has 0 saturated carbocycles. The number of nitrogens with one attached hydrogen (secondary N) is 7. The van der Waals surface area contributed by atoms with E-state index in [-0.39, 0.29) is 57.8 Å². The molecule has 5 aromatic rings. The van der Waals surface area contributed by atoms with Gasteiger partial charge in [0.05, 0.1) is 42.9 Å². The van der Waals surface area contributed by atoms with Crippen LogP contribution in [0.4, 0.5) is 0 Å². The Morgan fingerprint density at radius 1 is 0.357 bits per heavy atom. The van der Waals surface area contributed by atoms with Crippen LogP contribution in [0.25, 0.3) is 0 Å². The molecule has 0 aliphatic carbocycles. The number of hydrogen-bond donors (Lipinski definition) is 11. The van der Waals surface area contributed by atoms with Crippen LogP contribution in [0.3, 0.4) is 0 Å². The van der Waals surface area contributed by atoms with Gasteiger partial charge < -0.3 is 60.2 Å². The summed E-state index contributed by atoms with van der Waals surface area (Å²) in [6, 6.07) is 36.9. The van der Waals surface area contributed by atoms with E-state index < -0.39 is 139 Å². The van der Waals surface area contributed by atoms with Crippen LogP contribution in [0.5, 0.6) is 0 Å². The van der Waals surface area contributed by atoms with Crippen LogP contribution in [-0.4, -0.2) is 195 Å². The fraction of sp³-hybridized carbons (Fsp3) is 0.478. The van der Waals surface area contributed by atoms with Crippen LogP contribution >= 0.6 is 0 Å². The van der Waals surface area contributed by atoms with Gasteiger partial charge in [0, 0.05) is 64.2 Å². The third-order valence-corrected chi connectivity index (χ3v) is 21.7. The van der Waals surface area contributed by atoms with E-state index in [1.54, 1.807) is 159 Å². The first-order chi connectivity index (χ1) is 47.0. The molecule has 0 bridgehead atoms. The van der Waals surface area contributed by atoms with Crippen molar-refractivity contribution >= 4 is 65.5 Å². The normalized spacial score (nSPS) is 13.8. The van der Waals surface area contributed by atoms with Crippen molar-refractivity contribution in [2.24, 2.45) is 22.9 Å². The molecule has 0 fully saturated rings. The monoisotopic (exact) mass is 1410 g/mol. The predicted octanol–water partition coefficient (Wildman–Crippen LogP) is 1.11. The molecule has 6 amide bonds. The van der Waals surface area contributed by atoms with Gasteiger partial charge in [-0.15, -0.1) is 0 Å². The topological polar surface area (TPSA) is 403 Å². The van der Waals surface area contributed by atoms with Crippen LogP contribution in [0.1, 0.15) is 85.6 Å². The Bertz CT molecular complexity index is 3560. The number of nitrogens with two attached hydrogens (primary N) is 4. The molecule has 0 aliphatic heterocycles. The molecule has 538 valence electrons. The van der Waals surface area contributed by atoms with Crippen molar-refractivity contribution < 1.29 is 54.0 Å². The number of sulfonamides is 3. The average Bonchev–Trinajstić information content (AvgIpc) is 0.841. The SMILES string of the molecule is CNC(=O)CN(CC(Cc1ccccc1)NC(=O)[C@H](Cc1ccccc1)NC(=O)CN(C[C@H](CCCCN)NC(=O)[C@H](Cc1ccccc1)NC(=O)CN(CC(CCCCN)NC(=O)[C@H](CCCCN)NC)S(=O)(=O)Cc1ccccc1)S(=O)(=O)CCN)S(=O)(=O)Cc1ccccc1. The van der Waals surface area contributed by atoms with E-state index in [1.807, 2.05) is 0 Å². The van der Waals surface area contributed by atoms with Gasteiger partial charge in [-0.1, -0.05) is 171 Å². The number of likely N-dealkylation sites (N-methyl/N-ethyl adjacent to an activating group) is 2. The number of nitrogens with zero attached hydrogens (tertiary/aromatic N) is 3. The third-order valence-electron chi connectivity index (χ3n) is 16.3. The van der Waals surface area contributed by atoms with E-state index in [1.165, 1.54) is 7.05 Å². The summed E-state index contributed by atoms with van der Waals surface area (Å²) in [5.74, 6) is -5.85. The highest BCUT2D eigenvalue weighted by Gasteiger charge is 2.36. The minimum absolute atomic E-state index is 0.0862. The Labute approximate surface area is 579 Å². The highest BCUT2D eigenvalue weighted by Crippen LogP contribution is 2.19. The third kappa shape index (κ3) is 29.5. The molecule has 0 heterocycles. The van der Waals surface area contributed by atoms with Gasteiger partial charge in [0.2, 0.25) is 65.5 Å². The first-order valence-corrected chi connectivity index (χ1v) is 38.2. The maximum absolute atomic E-state index is 15.0. The summed E-state index contributed by atoms with van der Waals surface area (Å²) in [5, 5.41) is 20.0. The maximum atomic E-state index is 15.0. The molecule has 0 spiro atoms. The molecule has 15 N–H and O–H groups in total. The summed E-state index contributed by atoms with van der Waals surface area (Å²) in [6.07, 6.45) is 4.04. The lowest BCUT2D eigenvalue weighted by molar-refractivity contribution is -0.130. The van der Waals surface area contributed by atoms with Crippen molar-refractivity contribution in [3.63, 3.8) is 0 Å². The molecule has 5 rings (SSSR count). The van der Waals surface area contributed by atoms with E-state index in [4.69, 9.17) is 22.9 Å². The maximum Gasteiger partial charge on any atom is 0.243 e. The van der Waals surface area contributed by atoms with E-state index in [0.717, 1.165) is 12.9 Å². The molecule has 98 heavy (non-hydrogen) atoms. The van der Waals surface area contributed by atoms with Crippen molar-refractivity contribution in [3.8, 4) is 0 Å². The Balaban J connectivity index is 1.47. The molecule has 0 aliphatic rings. The Morgan fingerprint density at radius 3 is 1.03 bits per heavy atom. The molecule has 0 radical (unpaired) electrons. The molecular weight excluding hydrogens is 1310 g/mol. The van der Waals surface area contributed by atoms with Gasteiger partial charge in [0.1, 0.15) is 12.1 Å². The fourth-order valence-corrected chi connectivity index (χ4v) is 15.4. The second-order valence-corrected chi connectivity index (χ2v) is 30.3. The molecular formula is C69H102N14O12S3. The molecule has 29 heteroatoms. The van der Waals surface area contributed by atoms with Crippen molar-refractivity contribution in [3.05, 3.63) is 179 Å². The van der Waals surface area contributed by atoms with E-state index in [0.29, 0.717) is 92.3 Å². The van der Waals surface area contributed by atoms with Crippen LogP contribution in [-0.2, 0) is 89.6 Å². The molecule has 6 atom stereocenters. The van der Waals surface area contributed by atoms with Gasteiger partial charge in [-0.3, -0.25) is 28.8 Å². The van der Waals surface area contributed by atoms with Crippen molar-refractivity contribution in [1.82, 2.24) is 50.1 Å². The number of rotatable bonds is 48. The predicted molar refractivity (Wildman–Crippen MR) is 381 cm³/mol. The molecule has 26 nitrogen and oxygen atoms in total. The minimum Gasteiger partial charge on any atom is -0.358 e. The average molecular weight is 1420 g/mol. The van der Waals surface area contributed by atoms with Gasteiger partial charge in [-0.2, -0.15) is 12.9 Å². The number of carbonyl (C=O) groups is 6. The van der Waals surface area contributed by atoms with E-state index in [9.17, 15) is 49.2 Å². The Morgan fingerprint density at radius 2 is 0.673 bits per heavy atom. The standard InChI is InChI=1S/C69H102N14O12S3/c1-74-61(36-20-23-39-72)67(87)76-59(35-19-22-38-71)46-82(97(92,93)51-56-30-14-6-15-31-56)50-66(86)79-62(43-54-26-10-4-11-27-54)68(88)77-58(34-18-21-37-70)45-81(96(90,91)41-40-73)49-65(85)80-63(44-55-28-12-5-13-29-55)69(89)78-60(42-53-24-8-3-9-25-53)47-83(48-64(84)75-2)98(94,95)52-57-32-16-7-17-33-57/h3-17,24-33,58-63,74H,18-23,34-52,70-73H2,1-2H3,(H,75,84)(H,76,87)(H,77,88)(H,78,89)(H,79,86)(H,80,85)/t58-,59?,60?,61-,62-,63-/m0/s1. The zero-order chi connectivity index (χ0) is 71.4. The quantitative estimate of drug-likeness (QED) is 0.0243. The van der Waals surface area contributed by atoms with E-state index >= 15 is 4.79 Å². The smallest absolute Gasteiger partial charge is 0.243 e. The Kier molecular flexibility index (Phi) is 35.7. The number of carbonyl (C=O) groups excluding carboxylic acids is 6. The zero-order valence-electron chi connectivity index (χ0n) is 56.4. The largest absolute Gasteiger partial charge is 0.358 e. The number of amides is 6. The zero-order valence-corrected chi connectivity index (χ0v) is 58.8. The second-order valence-electron chi connectivity index (χ2n) is 24.3. The molecule has 0 aromatic heterocycles. The first kappa shape index (κ1) is 81.1. The number of benzene rings is 5. The lowest BCUT2D eigenvalue weighted by Gasteiger charge is -2.31. The van der Waals surface area contributed by atoms with Gasteiger partial charge in [0.15, 0.2) is 0 Å². The van der Waals surface area contributed by atoms with Crippen molar-refractivity contribution in [2.45, 2.75) is 125 Å².